The molecular formula is C15H23N3O2. The number of nitrogens with zero attached hydrogens (tertiary/aromatic N) is 1. The van der Waals surface area contributed by atoms with E-state index in [-0.39, 0.29) is 5.91 Å². The fourth-order valence-corrected chi connectivity index (χ4v) is 1.90. The van der Waals surface area contributed by atoms with Crippen LogP contribution in [0.4, 0.5) is 5.82 Å². The summed E-state index contributed by atoms with van der Waals surface area (Å²) in [7, 11) is 0. The van der Waals surface area contributed by atoms with E-state index in [1.165, 1.54) is 12.8 Å². The maximum Gasteiger partial charge on any atom is 0.255 e. The van der Waals surface area contributed by atoms with Crippen LogP contribution in [0.25, 0.3) is 0 Å². The molecule has 2 N–H and O–H groups in total. The van der Waals surface area contributed by atoms with Gasteiger partial charge in [-0.3, -0.25) is 4.79 Å². The van der Waals surface area contributed by atoms with Crippen LogP contribution in [0.3, 0.4) is 0 Å². The summed E-state index contributed by atoms with van der Waals surface area (Å²) in [4.78, 5) is 16.2. The summed E-state index contributed by atoms with van der Waals surface area (Å²) in [5, 5.41) is 5.99. The van der Waals surface area contributed by atoms with Crippen molar-refractivity contribution in [3.05, 3.63) is 23.9 Å². The molecule has 0 aliphatic heterocycles. The lowest BCUT2D eigenvalue weighted by molar-refractivity contribution is 0.0938. The van der Waals surface area contributed by atoms with Gasteiger partial charge in [-0.1, -0.05) is 0 Å². The Morgan fingerprint density at radius 3 is 3.10 bits per heavy atom. The first-order valence-corrected chi connectivity index (χ1v) is 7.36. The smallest absolute Gasteiger partial charge is 0.255 e. The molecule has 1 aromatic rings. The summed E-state index contributed by atoms with van der Waals surface area (Å²) in [6.07, 6.45) is 5.14. The quantitative estimate of drug-likeness (QED) is 0.678. The van der Waals surface area contributed by atoms with E-state index in [1.54, 1.807) is 18.3 Å². The number of nitrogens with one attached hydrogen (secondary N) is 2. The summed E-state index contributed by atoms with van der Waals surface area (Å²) < 4.78 is 5.53. The predicted octanol–water partition coefficient (Wildman–Crippen LogP) is 2.06. The Kier molecular flexibility index (Phi) is 5.80. The van der Waals surface area contributed by atoms with Gasteiger partial charge in [0.1, 0.15) is 5.82 Å². The highest BCUT2D eigenvalue weighted by molar-refractivity contribution is 5.98. The molecule has 1 aliphatic carbocycles. The summed E-state index contributed by atoms with van der Waals surface area (Å²) in [6.45, 7) is 4.94. The highest BCUT2D eigenvalue weighted by atomic mass is 16.5. The second kappa shape index (κ2) is 7.85. The molecule has 2 rings (SSSR count). The molecule has 0 spiro atoms. The monoisotopic (exact) mass is 277 g/mol. The molecule has 110 valence electrons. The Labute approximate surface area is 120 Å². The standard InChI is InChI=1S/C15H23N3O2/c1-2-16-14-13(5-3-8-17-14)15(19)18-9-4-10-20-11-12-6-7-12/h3,5,8,12H,2,4,6-7,9-11H2,1H3,(H,16,17)(H,18,19). The molecule has 0 radical (unpaired) electrons. The zero-order chi connectivity index (χ0) is 14.2. The number of carbonyl (C=O) groups excluding carboxylic acids is 1. The van der Waals surface area contributed by atoms with Gasteiger partial charge < -0.3 is 15.4 Å². The van der Waals surface area contributed by atoms with Crippen molar-refractivity contribution in [2.45, 2.75) is 26.2 Å². The third kappa shape index (κ3) is 4.81. The number of anilines is 1. The third-order valence-corrected chi connectivity index (χ3v) is 3.20. The van der Waals surface area contributed by atoms with Crippen LogP contribution in [0.1, 0.15) is 36.5 Å². The van der Waals surface area contributed by atoms with Gasteiger partial charge in [-0.25, -0.2) is 4.98 Å². The van der Waals surface area contributed by atoms with E-state index in [4.69, 9.17) is 4.74 Å². The Hall–Kier alpha value is -1.62. The van der Waals surface area contributed by atoms with Crippen LogP contribution in [0.5, 0.6) is 0 Å². The first-order valence-electron chi connectivity index (χ1n) is 7.36. The molecule has 0 bridgehead atoms. The van der Waals surface area contributed by atoms with Gasteiger partial charge in [0.15, 0.2) is 0 Å². The van der Waals surface area contributed by atoms with Crippen molar-refractivity contribution in [3.63, 3.8) is 0 Å². The molecule has 1 aromatic heterocycles. The fourth-order valence-electron chi connectivity index (χ4n) is 1.90. The Balaban J connectivity index is 1.67. The van der Waals surface area contributed by atoms with Crippen LogP contribution in [-0.2, 0) is 4.74 Å². The summed E-state index contributed by atoms with van der Waals surface area (Å²) in [5.41, 5.74) is 0.591. The van der Waals surface area contributed by atoms with E-state index < -0.39 is 0 Å². The van der Waals surface area contributed by atoms with Gasteiger partial charge in [0, 0.05) is 32.5 Å². The van der Waals surface area contributed by atoms with Gasteiger partial charge in [-0.2, -0.15) is 0 Å². The molecule has 1 amide bonds. The average molecular weight is 277 g/mol. The predicted molar refractivity (Wildman–Crippen MR) is 78.9 cm³/mol. The SMILES string of the molecule is CCNc1ncccc1C(=O)NCCCOCC1CC1. The number of rotatable bonds is 9. The van der Waals surface area contributed by atoms with E-state index in [9.17, 15) is 4.79 Å². The molecule has 0 unspecified atom stereocenters. The van der Waals surface area contributed by atoms with Gasteiger partial charge in [0.25, 0.3) is 5.91 Å². The summed E-state index contributed by atoms with van der Waals surface area (Å²) in [5.74, 6) is 1.34. The molecule has 0 aromatic carbocycles. The summed E-state index contributed by atoms with van der Waals surface area (Å²) >= 11 is 0. The Morgan fingerprint density at radius 1 is 1.50 bits per heavy atom. The fraction of sp³-hybridized carbons (Fsp3) is 0.600. The number of aromatic nitrogens is 1. The van der Waals surface area contributed by atoms with E-state index in [0.717, 1.165) is 25.5 Å². The molecule has 5 heteroatoms. The average Bonchev–Trinajstić information content (AvgIpc) is 3.27. The van der Waals surface area contributed by atoms with E-state index in [2.05, 4.69) is 15.6 Å². The van der Waals surface area contributed by atoms with Gasteiger partial charge in [-0.05, 0) is 44.2 Å². The lowest BCUT2D eigenvalue weighted by Gasteiger charge is -2.10. The highest BCUT2D eigenvalue weighted by Gasteiger charge is 2.20. The lowest BCUT2D eigenvalue weighted by Crippen LogP contribution is -2.26. The Morgan fingerprint density at radius 2 is 2.35 bits per heavy atom. The van der Waals surface area contributed by atoms with Crippen molar-refractivity contribution in [2.75, 3.05) is 31.6 Å². The first kappa shape index (κ1) is 14.8. The van der Waals surface area contributed by atoms with Crippen LogP contribution in [0, 0.1) is 5.92 Å². The largest absolute Gasteiger partial charge is 0.381 e. The maximum absolute atomic E-state index is 12.1. The number of hydrogen-bond donors (Lipinski definition) is 2. The second-order valence-electron chi connectivity index (χ2n) is 5.06. The van der Waals surface area contributed by atoms with Gasteiger partial charge in [-0.15, -0.1) is 0 Å². The summed E-state index contributed by atoms with van der Waals surface area (Å²) in [6, 6.07) is 3.55. The van der Waals surface area contributed by atoms with Crippen molar-refractivity contribution < 1.29 is 9.53 Å². The minimum Gasteiger partial charge on any atom is -0.381 e. The zero-order valence-electron chi connectivity index (χ0n) is 12.0. The number of hydrogen-bond acceptors (Lipinski definition) is 4. The van der Waals surface area contributed by atoms with Crippen LogP contribution in [0.15, 0.2) is 18.3 Å². The first-order chi connectivity index (χ1) is 9.81. The number of amides is 1. The highest BCUT2D eigenvalue weighted by Crippen LogP contribution is 2.28. The van der Waals surface area contributed by atoms with Crippen molar-refractivity contribution in [1.82, 2.24) is 10.3 Å². The molecule has 5 nitrogen and oxygen atoms in total. The Bertz CT molecular complexity index is 433. The molecule has 0 atom stereocenters. The minimum atomic E-state index is -0.0868. The van der Waals surface area contributed by atoms with Crippen molar-refractivity contribution >= 4 is 11.7 Å². The van der Waals surface area contributed by atoms with Gasteiger partial charge >= 0.3 is 0 Å². The number of carbonyl (C=O) groups is 1. The second-order valence-corrected chi connectivity index (χ2v) is 5.06. The topological polar surface area (TPSA) is 63.2 Å². The molecule has 0 saturated heterocycles. The molecule has 1 saturated carbocycles. The minimum absolute atomic E-state index is 0.0868. The van der Waals surface area contributed by atoms with Crippen LogP contribution in [-0.4, -0.2) is 37.2 Å². The molecule has 1 heterocycles. The third-order valence-electron chi connectivity index (χ3n) is 3.20. The van der Waals surface area contributed by atoms with Crippen LogP contribution >= 0.6 is 0 Å². The molecule has 1 fully saturated rings. The number of pyridine rings is 1. The normalized spacial score (nSPS) is 14.1. The number of ether oxygens (including phenoxy) is 1. The van der Waals surface area contributed by atoms with Crippen molar-refractivity contribution in [2.24, 2.45) is 5.92 Å². The van der Waals surface area contributed by atoms with Gasteiger partial charge in [0.2, 0.25) is 0 Å². The van der Waals surface area contributed by atoms with E-state index in [1.807, 2.05) is 6.92 Å². The zero-order valence-corrected chi connectivity index (χ0v) is 12.0. The molecule has 20 heavy (non-hydrogen) atoms. The molecular weight excluding hydrogens is 254 g/mol. The van der Waals surface area contributed by atoms with Crippen molar-refractivity contribution in [1.29, 1.82) is 0 Å². The lowest BCUT2D eigenvalue weighted by atomic mass is 10.2. The van der Waals surface area contributed by atoms with E-state index >= 15 is 0 Å². The maximum atomic E-state index is 12.1. The van der Waals surface area contributed by atoms with Crippen LogP contribution in [0.2, 0.25) is 0 Å². The molecule has 1 aliphatic rings. The van der Waals surface area contributed by atoms with Crippen molar-refractivity contribution in [3.8, 4) is 0 Å². The van der Waals surface area contributed by atoms with Gasteiger partial charge in [0.05, 0.1) is 5.56 Å². The van der Waals surface area contributed by atoms with E-state index in [0.29, 0.717) is 24.5 Å². The van der Waals surface area contributed by atoms with Crippen LogP contribution < -0.4 is 10.6 Å².